The molecule has 1 N–H and O–H groups in total. The molecule has 2 aliphatic rings. The van der Waals surface area contributed by atoms with E-state index in [1.165, 1.54) is 6.07 Å². The Morgan fingerprint density at radius 3 is 2.33 bits per heavy atom. The number of hydrogen-bond donors (Lipinski definition) is 1. The molecule has 1 aromatic carbocycles. The van der Waals surface area contributed by atoms with Crippen LogP contribution >= 0.6 is 50.5 Å². The Labute approximate surface area is 216 Å². The molecule has 0 unspecified atom stereocenters. The van der Waals surface area contributed by atoms with E-state index in [1.54, 1.807) is 18.2 Å². The lowest BCUT2D eigenvalue weighted by atomic mass is 9.84. The van der Waals surface area contributed by atoms with Crippen LogP contribution in [-0.4, -0.2) is 44.5 Å². The Hall–Kier alpha value is -0.840. The zero-order chi connectivity index (χ0) is 23.6. The molecular weight excluding hydrogens is 571 g/mol. The molecule has 1 amide bonds. The van der Waals surface area contributed by atoms with Gasteiger partial charge in [0.1, 0.15) is 16.1 Å². The van der Waals surface area contributed by atoms with Gasteiger partial charge < -0.3 is 9.64 Å². The van der Waals surface area contributed by atoms with Gasteiger partial charge in [0.05, 0.1) is 13.8 Å². The minimum Gasteiger partial charge on any atom is -0.490 e. The summed E-state index contributed by atoms with van der Waals surface area (Å²) >= 11 is 16.4. The Morgan fingerprint density at radius 2 is 1.73 bits per heavy atom. The molecule has 1 aliphatic carbocycles. The van der Waals surface area contributed by atoms with Crippen molar-refractivity contribution in [1.29, 1.82) is 0 Å². The third kappa shape index (κ3) is 6.44. The van der Waals surface area contributed by atoms with Gasteiger partial charge >= 0.3 is 0 Å². The van der Waals surface area contributed by atoms with Gasteiger partial charge in [-0.25, -0.2) is 13.1 Å². The lowest BCUT2D eigenvalue weighted by Crippen LogP contribution is -2.46. The van der Waals surface area contributed by atoms with E-state index in [4.69, 9.17) is 27.9 Å². The molecule has 2 fully saturated rings. The molecule has 0 spiro atoms. The Bertz CT molecular complexity index is 1100. The van der Waals surface area contributed by atoms with Crippen molar-refractivity contribution in [3.05, 3.63) is 44.2 Å². The van der Waals surface area contributed by atoms with E-state index in [1.807, 2.05) is 6.07 Å². The summed E-state index contributed by atoms with van der Waals surface area (Å²) in [6, 6.07) is 8.91. The predicted octanol–water partition coefficient (Wildman–Crippen LogP) is 5.72. The molecule has 6 nitrogen and oxygen atoms in total. The summed E-state index contributed by atoms with van der Waals surface area (Å²) in [6.45, 7) is 1.88. The summed E-state index contributed by atoms with van der Waals surface area (Å²) in [5, 5.41) is 1.00. The highest BCUT2D eigenvalue weighted by Gasteiger charge is 2.33. The third-order valence-corrected chi connectivity index (χ3v) is 10.5. The molecule has 1 aliphatic heterocycles. The van der Waals surface area contributed by atoms with Crippen molar-refractivity contribution in [3.8, 4) is 5.75 Å². The second kappa shape index (κ2) is 10.8. The number of amides is 1. The Kier molecular flexibility index (Phi) is 8.29. The van der Waals surface area contributed by atoms with Crippen LogP contribution in [0.25, 0.3) is 0 Å². The monoisotopic (exact) mass is 594 g/mol. The molecule has 0 bridgehead atoms. The van der Waals surface area contributed by atoms with Crippen molar-refractivity contribution in [2.45, 2.75) is 54.9 Å². The number of likely N-dealkylation sites (tertiary alicyclic amines) is 1. The van der Waals surface area contributed by atoms with Crippen LogP contribution in [0.3, 0.4) is 0 Å². The molecule has 1 aromatic heterocycles. The average molecular weight is 596 g/mol. The third-order valence-electron chi connectivity index (χ3n) is 6.30. The fraction of sp³-hybridized carbons (Fsp3) is 0.500. The smallest absolute Gasteiger partial charge is 0.273 e. The van der Waals surface area contributed by atoms with Crippen molar-refractivity contribution in [2.75, 3.05) is 13.1 Å². The summed E-state index contributed by atoms with van der Waals surface area (Å²) in [6.07, 6.45) is 5.16. The highest BCUT2D eigenvalue weighted by Crippen LogP contribution is 2.32. The number of nitrogens with one attached hydrogen (secondary N) is 1. The molecule has 11 heteroatoms. The SMILES string of the molecule is O=C(NS(=O)(=O)c1ccc(Br)s1)[C@H]1CC[C@H](N2CCC(Oc3ccc(Cl)c(Cl)c3)CC2)CC1. The Morgan fingerprint density at radius 1 is 1.03 bits per heavy atom. The number of nitrogens with zero attached hydrogens (tertiary/aromatic N) is 1. The molecule has 4 rings (SSSR count). The first kappa shape index (κ1) is 25.3. The summed E-state index contributed by atoms with van der Waals surface area (Å²) in [5.41, 5.74) is 0. The summed E-state index contributed by atoms with van der Waals surface area (Å²) in [7, 11) is -3.81. The second-order valence-corrected chi connectivity index (χ2v) is 13.6. The van der Waals surface area contributed by atoms with Gasteiger partial charge in [0.2, 0.25) is 5.91 Å². The topological polar surface area (TPSA) is 75.7 Å². The van der Waals surface area contributed by atoms with Crippen LogP contribution in [0.1, 0.15) is 38.5 Å². The van der Waals surface area contributed by atoms with Crippen LogP contribution in [0.5, 0.6) is 5.75 Å². The van der Waals surface area contributed by atoms with E-state index < -0.39 is 15.9 Å². The van der Waals surface area contributed by atoms with Gasteiger partial charge in [-0.2, -0.15) is 0 Å². The van der Waals surface area contributed by atoms with Gasteiger partial charge in [-0.05, 0) is 78.7 Å². The summed E-state index contributed by atoms with van der Waals surface area (Å²) < 4.78 is 34.1. The number of halogens is 3. The van der Waals surface area contributed by atoms with Gasteiger partial charge in [0.25, 0.3) is 10.0 Å². The largest absolute Gasteiger partial charge is 0.490 e. The molecule has 0 radical (unpaired) electrons. The van der Waals surface area contributed by atoms with Crippen LogP contribution in [0, 0.1) is 5.92 Å². The van der Waals surface area contributed by atoms with Gasteiger partial charge in [-0.3, -0.25) is 4.79 Å². The lowest BCUT2D eigenvalue weighted by Gasteiger charge is -2.40. The maximum absolute atomic E-state index is 12.6. The van der Waals surface area contributed by atoms with E-state index in [-0.39, 0.29) is 16.2 Å². The maximum Gasteiger partial charge on any atom is 0.273 e. The molecular formula is C22H25BrCl2N2O4S2. The number of rotatable bonds is 6. The first-order valence-corrected chi connectivity index (χ1v) is 14.7. The number of thiophene rings is 1. The van der Waals surface area contributed by atoms with Crippen molar-refractivity contribution in [2.24, 2.45) is 5.92 Å². The maximum atomic E-state index is 12.6. The quantitative estimate of drug-likeness (QED) is 0.462. The van der Waals surface area contributed by atoms with E-state index >= 15 is 0 Å². The normalized spacial score (nSPS) is 22.8. The number of hydrogen-bond acceptors (Lipinski definition) is 6. The minimum atomic E-state index is -3.81. The van der Waals surface area contributed by atoms with Gasteiger partial charge in [-0.1, -0.05) is 23.2 Å². The molecule has 33 heavy (non-hydrogen) atoms. The number of carbonyl (C=O) groups is 1. The van der Waals surface area contributed by atoms with Gasteiger partial charge in [0, 0.05) is 31.1 Å². The fourth-order valence-electron chi connectivity index (χ4n) is 4.51. The minimum absolute atomic E-state index is 0.141. The summed E-state index contributed by atoms with van der Waals surface area (Å²) in [5.74, 6) is 0.0703. The highest BCUT2D eigenvalue weighted by atomic mass is 79.9. The van der Waals surface area contributed by atoms with Gasteiger partial charge in [0.15, 0.2) is 0 Å². The van der Waals surface area contributed by atoms with Crippen LogP contribution in [0.15, 0.2) is 38.3 Å². The summed E-state index contributed by atoms with van der Waals surface area (Å²) in [4.78, 5) is 15.1. The first-order chi connectivity index (χ1) is 15.7. The van der Waals surface area contributed by atoms with E-state index in [2.05, 4.69) is 25.6 Å². The first-order valence-electron chi connectivity index (χ1n) is 10.9. The van der Waals surface area contributed by atoms with Crippen LogP contribution in [0.4, 0.5) is 0 Å². The number of piperidine rings is 1. The molecule has 180 valence electrons. The highest BCUT2D eigenvalue weighted by molar-refractivity contribution is 9.11. The number of ether oxygens (including phenoxy) is 1. The molecule has 2 heterocycles. The number of benzene rings is 1. The van der Waals surface area contributed by atoms with E-state index in [0.29, 0.717) is 32.7 Å². The number of carbonyl (C=O) groups excluding carboxylic acids is 1. The fourth-order valence-corrected chi connectivity index (χ4v) is 7.85. The molecule has 0 atom stereocenters. The van der Waals surface area contributed by atoms with Crippen LogP contribution in [-0.2, 0) is 14.8 Å². The van der Waals surface area contributed by atoms with Crippen molar-refractivity contribution in [3.63, 3.8) is 0 Å². The van der Waals surface area contributed by atoms with Crippen LogP contribution < -0.4 is 9.46 Å². The average Bonchev–Trinajstić information content (AvgIpc) is 3.24. The molecule has 1 saturated heterocycles. The predicted molar refractivity (Wildman–Crippen MR) is 135 cm³/mol. The van der Waals surface area contributed by atoms with Gasteiger partial charge in [-0.15, -0.1) is 11.3 Å². The zero-order valence-corrected chi connectivity index (χ0v) is 22.5. The van der Waals surface area contributed by atoms with Crippen molar-refractivity contribution < 1.29 is 17.9 Å². The number of sulfonamides is 1. The van der Waals surface area contributed by atoms with E-state index in [0.717, 1.165) is 55.9 Å². The zero-order valence-electron chi connectivity index (χ0n) is 17.8. The second-order valence-electron chi connectivity index (χ2n) is 8.46. The Balaban J connectivity index is 1.22. The molecule has 2 aromatic rings. The van der Waals surface area contributed by atoms with Crippen molar-refractivity contribution >= 4 is 66.4 Å². The standard InChI is InChI=1S/C22H25BrCl2N2O4S2/c23-20-7-8-21(32-20)33(29,30)26-22(28)14-1-3-15(4-2-14)27-11-9-16(10-12-27)31-17-5-6-18(24)19(25)13-17/h5-8,13-16H,1-4,9-12H2,(H,26,28)/t14-,15-. The lowest BCUT2D eigenvalue weighted by molar-refractivity contribution is -0.124. The van der Waals surface area contributed by atoms with Crippen molar-refractivity contribution in [1.82, 2.24) is 9.62 Å². The molecule has 1 saturated carbocycles. The van der Waals surface area contributed by atoms with E-state index in [9.17, 15) is 13.2 Å². The van der Waals surface area contributed by atoms with Crippen LogP contribution in [0.2, 0.25) is 10.0 Å².